The van der Waals surface area contributed by atoms with Crippen LogP contribution in [0.5, 0.6) is 5.75 Å². The van der Waals surface area contributed by atoms with Crippen LogP contribution in [0.4, 0.5) is 0 Å². The van der Waals surface area contributed by atoms with Crippen molar-refractivity contribution in [3.05, 3.63) is 29.8 Å². The van der Waals surface area contributed by atoms with Crippen molar-refractivity contribution in [2.24, 2.45) is 0 Å². The predicted octanol–water partition coefficient (Wildman–Crippen LogP) is 2.39. The number of carbonyl (C=O) groups is 1. The average molecular weight is 308 g/mol. The number of aliphatic hydroxyl groups is 1. The molecule has 0 spiro atoms. The van der Waals surface area contributed by atoms with Crippen molar-refractivity contribution in [2.45, 2.75) is 65.3 Å². The first-order valence-corrected chi connectivity index (χ1v) is 7.07. The monoisotopic (exact) mass is 308 g/mol. The Labute approximate surface area is 135 Å². The van der Waals surface area contributed by atoms with Gasteiger partial charge in [0.1, 0.15) is 17.0 Å². The van der Waals surface area contributed by atoms with Gasteiger partial charge in [0, 0.05) is 0 Å². The maximum absolute atomic E-state index is 11.9. The number of hydrogen-bond acceptors (Lipinski definition) is 4. The van der Waals surface area contributed by atoms with Crippen molar-refractivity contribution in [1.29, 1.82) is 0 Å². The fourth-order valence-electron chi connectivity index (χ4n) is 1.42. The topological polar surface area (TPSA) is 55.8 Å². The third kappa shape index (κ3) is 5.72. The van der Waals surface area contributed by atoms with E-state index in [2.05, 4.69) is 0 Å². The predicted molar refractivity (Wildman–Crippen MR) is 92.6 cm³/mol. The lowest BCUT2D eigenvalue weighted by molar-refractivity contribution is -0.0906. The zero-order chi connectivity index (χ0) is 16.5. The quantitative estimate of drug-likeness (QED) is 0.685. The molecule has 0 radical (unpaired) electrons. The largest absolute Gasteiger partial charge is 0.485 e. The van der Waals surface area contributed by atoms with Crippen LogP contribution in [0.3, 0.4) is 0 Å². The molecule has 0 heterocycles. The zero-order valence-electron chi connectivity index (χ0n) is 14.0. The molecule has 22 heavy (non-hydrogen) atoms. The highest BCUT2D eigenvalue weighted by Crippen LogP contribution is 2.28. The highest BCUT2D eigenvalue weighted by molar-refractivity contribution is 5.89. The Kier molecular flexibility index (Phi) is 6.28. The summed E-state index contributed by atoms with van der Waals surface area (Å²) in [5.74, 6) is 0.227. The number of esters is 1. The van der Waals surface area contributed by atoms with Crippen LogP contribution in [0.1, 0.15) is 58.8 Å². The fourth-order valence-corrected chi connectivity index (χ4v) is 1.42. The first-order chi connectivity index (χ1) is 9.32. The standard InChI is InChI=1S/C17H26O4.BH3/c1-15(2,3)21-14(18)12-8-10-13(11-9-12)20-17(6,7)16(4,5)19;/h8-11,19H,1-7H3;1H3. The van der Waals surface area contributed by atoms with E-state index in [1.54, 1.807) is 38.1 Å². The first kappa shape index (κ1) is 20.5. The molecule has 0 aromatic heterocycles. The van der Waals surface area contributed by atoms with Crippen LogP contribution in [-0.2, 0) is 4.74 Å². The lowest BCUT2D eigenvalue weighted by Crippen LogP contribution is -2.49. The molecular weight excluding hydrogens is 279 g/mol. The summed E-state index contributed by atoms with van der Waals surface area (Å²) in [6.45, 7) is 12.5. The Bertz CT molecular complexity index is 493. The maximum atomic E-state index is 11.9. The van der Waals surface area contributed by atoms with E-state index in [0.29, 0.717) is 11.3 Å². The van der Waals surface area contributed by atoms with Gasteiger partial charge in [0.2, 0.25) is 0 Å². The van der Waals surface area contributed by atoms with E-state index >= 15 is 0 Å². The molecule has 0 aliphatic rings. The minimum atomic E-state index is -0.989. The average Bonchev–Trinajstić information content (AvgIpc) is 2.25. The van der Waals surface area contributed by atoms with Gasteiger partial charge in [-0.15, -0.1) is 0 Å². The Morgan fingerprint density at radius 2 is 1.41 bits per heavy atom. The van der Waals surface area contributed by atoms with Gasteiger partial charge in [-0.25, -0.2) is 4.79 Å². The van der Waals surface area contributed by atoms with Crippen LogP contribution >= 0.6 is 0 Å². The van der Waals surface area contributed by atoms with Crippen molar-refractivity contribution >= 4 is 14.4 Å². The van der Waals surface area contributed by atoms with Gasteiger partial charge < -0.3 is 14.6 Å². The lowest BCUT2D eigenvalue weighted by Gasteiger charge is -2.37. The van der Waals surface area contributed by atoms with E-state index in [1.807, 2.05) is 34.6 Å². The van der Waals surface area contributed by atoms with Gasteiger partial charge in [-0.2, -0.15) is 0 Å². The third-order valence-electron chi connectivity index (χ3n) is 3.34. The molecule has 0 aliphatic carbocycles. The number of rotatable bonds is 4. The minimum absolute atomic E-state index is 0. The molecule has 0 saturated heterocycles. The van der Waals surface area contributed by atoms with Gasteiger partial charge in [-0.05, 0) is 72.7 Å². The molecule has 0 bridgehead atoms. The molecule has 0 fully saturated rings. The molecule has 5 heteroatoms. The van der Waals surface area contributed by atoms with Crippen molar-refractivity contribution in [2.75, 3.05) is 0 Å². The molecule has 1 rings (SSSR count). The third-order valence-corrected chi connectivity index (χ3v) is 3.34. The summed E-state index contributed by atoms with van der Waals surface area (Å²) >= 11 is 0. The second kappa shape index (κ2) is 6.74. The van der Waals surface area contributed by atoms with E-state index in [9.17, 15) is 9.90 Å². The molecule has 4 nitrogen and oxygen atoms in total. The smallest absolute Gasteiger partial charge is 0.338 e. The van der Waals surface area contributed by atoms with Gasteiger partial charge >= 0.3 is 5.97 Å². The number of ether oxygens (including phenoxy) is 2. The molecule has 0 saturated carbocycles. The number of carbonyl (C=O) groups excluding carboxylic acids is 1. The van der Waals surface area contributed by atoms with Gasteiger partial charge in [-0.3, -0.25) is 0 Å². The molecule has 0 atom stereocenters. The number of hydrogen-bond donors (Lipinski definition) is 1. The summed E-state index contributed by atoms with van der Waals surface area (Å²) in [5.41, 5.74) is -1.79. The van der Waals surface area contributed by atoms with Crippen LogP contribution in [0, 0.1) is 0 Å². The van der Waals surface area contributed by atoms with E-state index in [4.69, 9.17) is 9.47 Å². The summed E-state index contributed by atoms with van der Waals surface area (Å²) in [7, 11) is 0. The zero-order valence-corrected chi connectivity index (χ0v) is 14.0. The normalized spacial score (nSPS) is 12.4. The van der Waals surface area contributed by atoms with Crippen LogP contribution in [0.25, 0.3) is 0 Å². The van der Waals surface area contributed by atoms with Crippen molar-refractivity contribution < 1.29 is 19.4 Å². The van der Waals surface area contributed by atoms with Crippen LogP contribution in [0.2, 0.25) is 0 Å². The van der Waals surface area contributed by atoms with Gasteiger partial charge in [0.05, 0.1) is 19.6 Å². The second-order valence-electron chi connectivity index (χ2n) is 7.20. The molecule has 0 unspecified atom stereocenters. The SMILES string of the molecule is B.CC(C)(C)OC(=O)c1ccc(OC(C)(C)C(C)(C)O)cc1. The van der Waals surface area contributed by atoms with E-state index in [-0.39, 0.29) is 14.4 Å². The highest BCUT2D eigenvalue weighted by Gasteiger charge is 2.37. The molecule has 0 amide bonds. The lowest BCUT2D eigenvalue weighted by atomic mass is 9.89. The van der Waals surface area contributed by atoms with Crippen molar-refractivity contribution in [1.82, 2.24) is 0 Å². The van der Waals surface area contributed by atoms with Crippen LogP contribution in [0.15, 0.2) is 24.3 Å². The van der Waals surface area contributed by atoms with Gasteiger partial charge in [-0.1, -0.05) is 0 Å². The Morgan fingerprint density at radius 1 is 0.955 bits per heavy atom. The highest BCUT2D eigenvalue weighted by atomic mass is 16.6. The second-order valence-corrected chi connectivity index (χ2v) is 7.20. The molecule has 1 aromatic carbocycles. The Hall–Kier alpha value is -1.49. The van der Waals surface area contributed by atoms with E-state index < -0.39 is 16.8 Å². The van der Waals surface area contributed by atoms with Gasteiger partial charge in [0.15, 0.2) is 0 Å². The summed E-state index contributed by atoms with van der Waals surface area (Å²) in [5, 5.41) is 10.1. The van der Waals surface area contributed by atoms with Crippen LogP contribution in [-0.4, -0.2) is 36.3 Å². The molecule has 1 N–H and O–H groups in total. The molecule has 0 aliphatic heterocycles. The van der Waals surface area contributed by atoms with Crippen LogP contribution < -0.4 is 4.74 Å². The van der Waals surface area contributed by atoms with E-state index in [1.165, 1.54) is 0 Å². The summed E-state index contributed by atoms with van der Waals surface area (Å²) < 4.78 is 11.1. The summed E-state index contributed by atoms with van der Waals surface area (Å²) in [6.07, 6.45) is 0. The molecule has 124 valence electrons. The summed E-state index contributed by atoms with van der Waals surface area (Å²) in [4.78, 5) is 11.9. The fraction of sp³-hybridized carbons (Fsp3) is 0.588. The van der Waals surface area contributed by atoms with E-state index in [0.717, 1.165) is 0 Å². The van der Waals surface area contributed by atoms with Gasteiger partial charge in [0.25, 0.3) is 0 Å². The van der Waals surface area contributed by atoms with Crippen molar-refractivity contribution in [3.8, 4) is 5.75 Å². The number of benzene rings is 1. The molecule has 1 aromatic rings. The minimum Gasteiger partial charge on any atom is -0.485 e. The maximum Gasteiger partial charge on any atom is 0.338 e. The summed E-state index contributed by atoms with van der Waals surface area (Å²) in [6, 6.07) is 6.72. The molecular formula is C17H29BO4. The first-order valence-electron chi connectivity index (χ1n) is 7.07. The Balaban J connectivity index is 0.00000441. The van der Waals surface area contributed by atoms with Crippen molar-refractivity contribution in [3.63, 3.8) is 0 Å². The Morgan fingerprint density at radius 3 is 1.77 bits per heavy atom.